The molecule has 2 aromatic rings. The molecule has 0 fully saturated rings. The van der Waals surface area contributed by atoms with Crippen molar-refractivity contribution < 1.29 is 42.6 Å². The van der Waals surface area contributed by atoms with Gasteiger partial charge in [-0.3, -0.25) is 20.2 Å². The summed E-state index contributed by atoms with van der Waals surface area (Å²) in [6.07, 6.45) is 0. The Morgan fingerprint density at radius 1 is 0.818 bits per heavy atom. The van der Waals surface area contributed by atoms with Gasteiger partial charge >= 0.3 is 0 Å². The zero-order valence-electron chi connectivity index (χ0n) is 10.7. The summed E-state index contributed by atoms with van der Waals surface area (Å²) >= 11 is 0. The first-order valence-corrected chi connectivity index (χ1v) is 5.32. The van der Waals surface area contributed by atoms with Gasteiger partial charge in [-0.2, -0.15) is 18.2 Å². The SMILES string of the molecule is C.C.Cc1ccc([N+](=O)[O-])cc1.O=[N+]([O-])c1cc[c-]cc1.[Y]. The van der Waals surface area contributed by atoms with Crippen molar-refractivity contribution in [1.29, 1.82) is 0 Å². The van der Waals surface area contributed by atoms with Crippen molar-refractivity contribution in [3.63, 3.8) is 0 Å². The van der Waals surface area contributed by atoms with Crippen LogP contribution in [-0.2, 0) is 32.7 Å². The number of non-ortho nitro benzene ring substituents is 2. The molecule has 0 unspecified atom stereocenters. The molecule has 0 bridgehead atoms. The first kappa shape index (κ1) is 25.3. The van der Waals surface area contributed by atoms with E-state index >= 15 is 0 Å². The number of nitro groups is 2. The molecule has 0 amide bonds. The standard InChI is InChI=1S/C7H7NO2.C6H4NO2.2CH4.Y/c1-6-2-4-7(5-3-6)8(9)10;8-7(9)6-4-2-1-3-5-6;;;/h2-5H,1H3;2-5H;2*1H4;/q;-1;;;. The van der Waals surface area contributed by atoms with E-state index in [1.165, 1.54) is 36.4 Å². The van der Waals surface area contributed by atoms with Crippen molar-refractivity contribution in [3.05, 3.63) is 80.4 Å². The predicted octanol–water partition coefficient (Wildman–Crippen LogP) is 4.57. The quantitative estimate of drug-likeness (QED) is 0.434. The Bertz CT molecular complexity index is 560. The Hall–Kier alpha value is -1.66. The molecule has 0 atom stereocenters. The summed E-state index contributed by atoms with van der Waals surface area (Å²) in [6.45, 7) is 1.89. The van der Waals surface area contributed by atoms with Crippen LogP contribution in [0.3, 0.4) is 0 Å². The van der Waals surface area contributed by atoms with Gasteiger partial charge in [-0.25, -0.2) is 0 Å². The van der Waals surface area contributed by atoms with Crippen LogP contribution in [0.25, 0.3) is 0 Å². The van der Waals surface area contributed by atoms with Crippen LogP contribution in [0.15, 0.2) is 48.5 Å². The second-order valence-electron chi connectivity index (χ2n) is 3.61. The second kappa shape index (κ2) is 13.0. The van der Waals surface area contributed by atoms with Gasteiger partial charge < -0.3 is 0 Å². The average molecular weight is 380 g/mol. The van der Waals surface area contributed by atoms with E-state index in [9.17, 15) is 20.2 Å². The van der Waals surface area contributed by atoms with E-state index in [4.69, 9.17) is 0 Å². The van der Waals surface area contributed by atoms with Crippen molar-refractivity contribution in [2.75, 3.05) is 0 Å². The fraction of sp³-hybridized carbons (Fsp3) is 0.200. The smallest absolute Gasteiger partial charge is 0.260 e. The molecule has 0 N–H and O–H groups in total. The summed E-state index contributed by atoms with van der Waals surface area (Å²) in [5, 5.41) is 20.1. The zero-order chi connectivity index (χ0) is 14.3. The van der Waals surface area contributed by atoms with E-state index in [0.29, 0.717) is 0 Å². The molecule has 7 heteroatoms. The summed E-state index contributed by atoms with van der Waals surface area (Å²) in [5.41, 5.74) is 1.28. The Morgan fingerprint density at radius 2 is 1.18 bits per heavy atom. The Balaban J connectivity index is -0.000000290. The summed E-state index contributed by atoms with van der Waals surface area (Å²) in [5.74, 6) is 0. The van der Waals surface area contributed by atoms with Gasteiger partial charge in [-0.05, 0) is 6.92 Å². The molecule has 0 aromatic heterocycles. The van der Waals surface area contributed by atoms with Crippen molar-refractivity contribution in [3.8, 4) is 0 Å². The molecular weight excluding hydrogens is 361 g/mol. The van der Waals surface area contributed by atoms with Crippen molar-refractivity contribution in [2.24, 2.45) is 0 Å². The van der Waals surface area contributed by atoms with E-state index in [2.05, 4.69) is 6.07 Å². The maximum Gasteiger partial charge on any atom is 0.269 e. The summed E-state index contributed by atoms with van der Waals surface area (Å²) in [7, 11) is 0. The van der Waals surface area contributed by atoms with Gasteiger partial charge in [-0.1, -0.05) is 44.7 Å². The van der Waals surface area contributed by atoms with Crippen molar-refractivity contribution in [2.45, 2.75) is 21.8 Å². The van der Waals surface area contributed by atoms with Gasteiger partial charge in [0, 0.05) is 49.8 Å². The van der Waals surface area contributed by atoms with Gasteiger partial charge in [0.1, 0.15) is 0 Å². The molecule has 2 aromatic carbocycles. The first-order valence-electron chi connectivity index (χ1n) is 5.32. The van der Waals surface area contributed by atoms with Gasteiger partial charge in [0.15, 0.2) is 5.69 Å². The largest absolute Gasteiger partial charge is 0.269 e. The molecule has 0 spiro atoms. The predicted molar refractivity (Wildman–Crippen MR) is 83.2 cm³/mol. The summed E-state index contributed by atoms with van der Waals surface area (Å²) in [6, 6.07) is 14.9. The van der Waals surface area contributed by atoms with Gasteiger partial charge in [0.05, 0.1) is 4.92 Å². The molecule has 0 heterocycles. The van der Waals surface area contributed by atoms with Crippen LogP contribution >= 0.6 is 0 Å². The zero-order valence-corrected chi connectivity index (χ0v) is 13.6. The van der Waals surface area contributed by atoms with E-state index < -0.39 is 9.85 Å². The number of nitro benzene ring substituents is 2. The number of hydrogen-bond acceptors (Lipinski definition) is 4. The Labute approximate surface area is 155 Å². The van der Waals surface area contributed by atoms with Crippen LogP contribution in [-0.4, -0.2) is 9.85 Å². The molecule has 2 rings (SSSR count). The monoisotopic (exact) mass is 380 g/mol. The fourth-order valence-corrected chi connectivity index (χ4v) is 1.17. The molecular formula is C15H19N2O4Y-. The van der Waals surface area contributed by atoms with E-state index in [-0.39, 0.29) is 58.9 Å². The molecule has 0 aliphatic heterocycles. The molecule has 0 aliphatic carbocycles. The van der Waals surface area contributed by atoms with Crippen LogP contribution in [0.2, 0.25) is 0 Å². The normalized spacial score (nSPS) is 7.86. The van der Waals surface area contributed by atoms with Crippen LogP contribution in [0.4, 0.5) is 11.4 Å². The van der Waals surface area contributed by atoms with Crippen LogP contribution < -0.4 is 0 Å². The van der Waals surface area contributed by atoms with E-state index in [1.54, 1.807) is 12.1 Å². The van der Waals surface area contributed by atoms with E-state index in [1.807, 2.05) is 6.92 Å². The van der Waals surface area contributed by atoms with Gasteiger partial charge in [-0.15, -0.1) is 0 Å². The third kappa shape index (κ3) is 9.31. The molecule has 22 heavy (non-hydrogen) atoms. The number of nitrogens with zero attached hydrogens (tertiary/aromatic N) is 2. The Morgan fingerprint density at radius 3 is 1.50 bits per heavy atom. The number of rotatable bonds is 2. The Kier molecular flexibility index (Phi) is 15.0. The number of aryl methyl sites for hydroxylation is 1. The third-order valence-electron chi connectivity index (χ3n) is 2.16. The topological polar surface area (TPSA) is 86.3 Å². The molecule has 117 valence electrons. The molecule has 6 nitrogen and oxygen atoms in total. The molecule has 1 radical (unpaired) electrons. The second-order valence-corrected chi connectivity index (χ2v) is 3.61. The molecule has 0 aliphatic rings. The third-order valence-corrected chi connectivity index (χ3v) is 2.16. The van der Waals surface area contributed by atoms with Crippen LogP contribution in [0, 0.1) is 33.2 Å². The summed E-state index contributed by atoms with van der Waals surface area (Å²) in [4.78, 5) is 19.3. The minimum absolute atomic E-state index is 0. The number of hydrogen-bond donors (Lipinski definition) is 0. The summed E-state index contributed by atoms with van der Waals surface area (Å²) < 4.78 is 0. The average Bonchev–Trinajstić information content (AvgIpc) is 2.41. The minimum Gasteiger partial charge on any atom is -0.260 e. The fourth-order valence-electron chi connectivity index (χ4n) is 1.17. The number of benzene rings is 2. The minimum atomic E-state index is -0.437. The van der Waals surface area contributed by atoms with Crippen LogP contribution in [0.1, 0.15) is 20.4 Å². The maximum atomic E-state index is 10.1. The van der Waals surface area contributed by atoms with E-state index in [0.717, 1.165) is 5.56 Å². The van der Waals surface area contributed by atoms with Crippen molar-refractivity contribution >= 4 is 11.4 Å². The maximum absolute atomic E-state index is 10.1. The van der Waals surface area contributed by atoms with Crippen molar-refractivity contribution in [1.82, 2.24) is 0 Å². The van der Waals surface area contributed by atoms with Gasteiger partial charge in [0.2, 0.25) is 0 Å². The first-order chi connectivity index (χ1) is 9.00. The van der Waals surface area contributed by atoms with Gasteiger partial charge in [0.25, 0.3) is 5.69 Å². The van der Waals surface area contributed by atoms with Crippen LogP contribution in [0.5, 0.6) is 0 Å². The molecule has 0 saturated heterocycles. The molecule has 0 saturated carbocycles.